The number of carbonyl (C=O) groups excluding carboxylic acids is 1. The Labute approximate surface area is 158 Å². The third-order valence-electron chi connectivity index (χ3n) is 5.33. The summed E-state index contributed by atoms with van der Waals surface area (Å²) in [6, 6.07) is 8.33. The zero-order valence-corrected chi connectivity index (χ0v) is 15.7. The Morgan fingerprint density at radius 3 is 2.77 bits per heavy atom. The lowest BCUT2D eigenvalue weighted by Crippen LogP contribution is -2.43. The van der Waals surface area contributed by atoms with Crippen LogP contribution in [0.25, 0.3) is 0 Å². The molecule has 0 bridgehead atoms. The van der Waals surface area contributed by atoms with Crippen LogP contribution < -0.4 is 5.32 Å². The molecule has 2 saturated heterocycles. The van der Waals surface area contributed by atoms with E-state index in [9.17, 15) is 4.79 Å². The second-order valence-corrected chi connectivity index (χ2v) is 7.61. The highest BCUT2D eigenvalue weighted by molar-refractivity contribution is 6.30. The topological polar surface area (TPSA) is 59.4 Å². The van der Waals surface area contributed by atoms with Crippen molar-refractivity contribution in [3.8, 4) is 0 Å². The zero-order chi connectivity index (χ0) is 18.3. The molecule has 0 spiro atoms. The number of benzene rings is 1. The van der Waals surface area contributed by atoms with Crippen LogP contribution in [0.15, 0.2) is 30.6 Å². The van der Waals surface area contributed by atoms with Crippen molar-refractivity contribution in [2.24, 2.45) is 7.05 Å². The lowest BCUT2D eigenvalue weighted by molar-refractivity contribution is -0.0502. The summed E-state index contributed by atoms with van der Waals surface area (Å²) in [6.45, 7) is 4.23. The molecule has 0 saturated carbocycles. The Morgan fingerprint density at radius 1 is 1.31 bits per heavy atom. The molecule has 0 unspecified atom stereocenters. The highest BCUT2D eigenvalue weighted by Gasteiger charge is 2.38. The van der Waals surface area contributed by atoms with Crippen molar-refractivity contribution < 1.29 is 9.53 Å². The van der Waals surface area contributed by atoms with Gasteiger partial charge in [-0.2, -0.15) is 0 Å². The van der Waals surface area contributed by atoms with Crippen molar-refractivity contribution in [1.82, 2.24) is 19.8 Å². The molecule has 1 aromatic carbocycles. The van der Waals surface area contributed by atoms with Crippen LogP contribution in [0.5, 0.6) is 0 Å². The van der Waals surface area contributed by atoms with Crippen LogP contribution in [0.1, 0.15) is 34.3 Å². The van der Waals surface area contributed by atoms with Crippen LogP contribution in [0.4, 0.5) is 0 Å². The number of halogens is 1. The predicted octanol–water partition coefficient (Wildman–Crippen LogP) is 2.33. The van der Waals surface area contributed by atoms with Gasteiger partial charge in [0.2, 0.25) is 0 Å². The number of rotatable bonds is 3. The maximum atomic E-state index is 12.6. The first-order valence-electron chi connectivity index (χ1n) is 8.91. The molecule has 0 radical (unpaired) electrons. The van der Waals surface area contributed by atoms with Gasteiger partial charge < -0.3 is 14.6 Å². The summed E-state index contributed by atoms with van der Waals surface area (Å²) in [5, 5.41) is 3.90. The minimum atomic E-state index is -0.0532. The monoisotopic (exact) mass is 374 g/mol. The average Bonchev–Trinajstić information content (AvgIpc) is 3.17. The lowest BCUT2D eigenvalue weighted by Gasteiger charge is -2.35. The van der Waals surface area contributed by atoms with Crippen LogP contribution in [0.2, 0.25) is 5.02 Å². The van der Waals surface area contributed by atoms with Crippen LogP contribution in [0.3, 0.4) is 0 Å². The summed E-state index contributed by atoms with van der Waals surface area (Å²) < 4.78 is 7.84. The first-order chi connectivity index (χ1) is 12.5. The van der Waals surface area contributed by atoms with Crippen molar-refractivity contribution in [2.45, 2.75) is 31.5 Å². The van der Waals surface area contributed by atoms with Gasteiger partial charge in [-0.3, -0.25) is 9.69 Å². The number of morpholine rings is 1. The van der Waals surface area contributed by atoms with E-state index < -0.39 is 0 Å². The normalized spacial score (nSPS) is 25.9. The Morgan fingerprint density at radius 2 is 2.08 bits per heavy atom. The van der Waals surface area contributed by atoms with Crippen LogP contribution in [-0.2, 0) is 11.8 Å². The van der Waals surface area contributed by atoms with E-state index in [1.165, 1.54) is 0 Å². The number of ether oxygens (including phenoxy) is 1. The molecule has 2 aliphatic rings. The highest BCUT2D eigenvalue weighted by Crippen LogP contribution is 2.31. The minimum Gasteiger partial charge on any atom is -0.371 e. The Bertz CT molecular complexity index is 785. The van der Waals surface area contributed by atoms with E-state index in [2.05, 4.69) is 15.2 Å². The molecule has 138 valence electrons. The van der Waals surface area contributed by atoms with Gasteiger partial charge in [0.05, 0.1) is 24.7 Å². The number of fused-ring (bicyclic) bond motifs is 1. The number of nitrogens with one attached hydrogen (secondary N) is 1. The van der Waals surface area contributed by atoms with E-state index in [0.29, 0.717) is 18.3 Å². The van der Waals surface area contributed by atoms with Crippen LogP contribution >= 0.6 is 11.6 Å². The number of hydrogen-bond donors (Lipinski definition) is 1. The number of nitrogens with zero attached hydrogens (tertiary/aromatic N) is 3. The maximum Gasteiger partial charge on any atom is 0.270 e. The van der Waals surface area contributed by atoms with Gasteiger partial charge in [0.25, 0.3) is 5.91 Å². The summed E-state index contributed by atoms with van der Waals surface area (Å²) >= 11 is 5.97. The predicted molar refractivity (Wildman–Crippen MR) is 99.3 cm³/mol. The van der Waals surface area contributed by atoms with Gasteiger partial charge >= 0.3 is 0 Å². The number of aryl methyl sites for hydroxylation is 2. The molecule has 2 aromatic rings. The Balaban J connectivity index is 1.39. The van der Waals surface area contributed by atoms with Gasteiger partial charge in [-0.1, -0.05) is 23.7 Å². The first kappa shape index (κ1) is 17.5. The number of carbonyl (C=O) groups is 1. The van der Waals surface area contributed by atoms with Gasteiger partial charge in [0.15, 0.2) is 0 Å². The van der Waals surface area contributed by atoms with Gasteiger partial charge in [0.1, 0.15) is 5.69 Å². The molecule has 3 atom stereocenters. The van der Waals surface area contributed by atoms with E-state index in [1.807, 2.05) is 38.2 Å². The van der Waals surface area contributed by atoms with Gasteiger partial charge in [0, 0.05) is 37.2 Å². The molecule has 1 amide bonds. The summed E-state index contributed by atoms with van der Waals surface area (Å²) in [7, 11) is 1.84. The molecule has 2 aliphatic heterocycles. The van der Waals surface area contributed by atoms with Gasteiger partial charge in [-0.25, -0.2) is 4.98 Å². The van der Waals surface area contributed by atoms with Crippen molar-refractivity contribution >= 4 is 17.5 Å². The summed E-state index contributed by atoms with van der Waals surface area (Å²) in [5.41, 5.74) is 2.53. The lowest BCUT2D eigenvalue weighted by atomic mass is 10.1. The first-order valence-corrected chi connectivity index (χ1v) is 9.29. The molecule has 1 aromatic heterocycles. The second-order valence-electron chi connectivity index (χ2n) is 7.18. The molecule has 2 fully saturated rings. The molecule has 1 N–H and O–H groups in total. The van der Waals surface area contributed by atoms with Crippen molar-refractivity contribution in [3.63, 3.8) is 0 Å². The molecule has 0 aliphatic carbocycles. The molecule has 7 heteroatoms. The smallest absolute Gasteiger partial charge is 0.270 e. The highest BCUT2D eigenvalue weighted by atomic mass is 35.5. The zero-order valence-electron chi connectivity index (χ0n) is 15.0. The van der Waals surface area contributed by atoms with Gasteiger partial charge in [-0.15, -0.1) is 0 Å². The van der Waals surface area contributed by atoms with Crippen LogP contribution in [0, 0.1) is 6.92 Å². The average molecular weight is 375 g/mol. The Kier molecular flexibility index (Phi) is 4.73. The Hall–Kier alpha value is -1.89. The fourth-order valence-corrected chi connectivity index (χ4v) is 4.11. The van der Waals surface area contributed by atoms with E-state index >= 15 is 0 Å². The fraction of sp³-hybridized carbons (Fsp3) is 0.474. The number of aromatic nitrogens is 2. The van der Waals surface area contributed by atoms with E-state index in [4.69, 9.17) is 16.3 Å². The van der Waals surface area contributed by atoms with Crippen molar-refractivity contribution in [3.05, 3.63) is 52.6 Å². The van der Waals surface area contributed by atoms with Gasteiger partial charge in [-0.05, 0) is 31.0 Å². The molecule has 4 rings (SSSR count). The molecular weight excluding hydrogens is 352 g/mol. The van der Waals surface area contributed by atoms with Crippen molar-refractivity contribution in [2.75, 3.05) is 19.7 Å². The number of amides is 1. The summed E-state index contributed by atoms with van der Waals surface area (Å²) in [6.07, 6.45) is 2.64. The number of imidazole rings is 1. The SMILES string of the molecule is Cc1ncn(C)c1C(=O)N[C@@H]1C[C@H]2CO[C@@H](c3ccc(Cl)cc3)CN2C1. The quantitative estimate of drug-likeness (QED) is 0.895. The third-order valence-corrected chi connectivity index (χ3v) is 5.58. The van der Waals surface area contributed by atoms with E-state index in [-0.39, 0.29) is 18.1 Å². The minimum absolute atomic E-state index is 0.0530. The molecule has 6 nitrogen and oxygen atoms in total. The number of hydrogen-bond acceptors (Lipinski definition) is 4. The third kappa shape index (κ3) is 3.37. The molecule has 26 heavy (non-hydrogen) atoms. The largest absolute Gasteiger partial charge is 0.371 e. The summed E-state index contributed by atoms with van der Waals surface area (Å²) in [5.74, 6) is -0.0532. The maximum absolute atomic E-state index is 12.6. The fourth-order valence-electron chi connectivity index (χ4n) is 3.98. The summed E-state index contributed by atoms with van der Waals surface area (Å²) in [4.78, 5) is 19.2. The van der Waals surface area contributed by atoms with E-state index in [1.54, 1.807) is 10.9 Å². The van der Waals surface area contributed by atoms with Crippen molar-refractivity contribution in [1.29, 1.82) is 0 Å². The molecule has 3 heterocycles. The standard InChI is InChI=1S/C19H23ClN4O2/c1-12-18(23(2)11-21-12)19(25)22-15-7-16-10-26-17(9-24(16)8-15)13-3-5-14(20)6-4-13/h3-6,11,15-17H,7-10H2,1-2H3,(H,22,25)/t15-,16+,17-/m1/s1. The second kappa shape index (κ2) is 7.02. The van der Waals surface area contributed by atoms with E-state index in [0.717, 1.165) is 35.8 Å². The van der Waals surface area contributed by atoms with Crippen LogP contribution in [-0.4, -0.2) is 52.1 Å². The molecular formula is C19H23ClN4O2.